The molecule has 3 unspecified atom stereocenters. The van der Waals surface area contributed by atoms with E-state index in [1.165, 1.54) is 0 Å². The molecule has 0 aliphatic carbocycles. The second-order valence-electron chi connectivity index (χ2n) is 10.1. The highest BCUT2D eigenvalue weighted by Gasteiger charge is 2.39. The SMILES string of the molecule is CCO[Si](CCCNC(=O)COCC(COCCNC(=O)OCC1CO1)OCCOCCNC(=O)OCC1CO1)(OCC)OCC. The summed E-state index contributed by atoms with van der Waals surface area (Å²) >= 11 is 0. The van der Waals surface area contributed by atoms with Gasteiger partial charge in [0.15, 0.2) is 0 Å². The summed E-state index contributed by atoms with van der Waals surface area (Å²) < 4.78 is 60.0. The number of carbonyl (C=O) groups is 3. The van der Waals surface area contributed by atoms with Gasteiger partial charge in [0, 0.05) is 45.5 Å². The molecule has 2 rings (SSSR count). The minimum absolute atomic E-state index is 0.00598. The standard InChI is InChI=1S/C28H53N3O14Si/c1-4-43-46(44-5-2,45-6-3)15-7-8-29-26(32)22-37-17-23(16-36-12-10-31-28(34)42-21-25-19-40-25)38-14-13-35-11-9-30-27(33)41-20-24-18-39-24/h23-25H,4-22H2,1-3H3,(H,29,32)(H,30,33)(H,31,34). The van der Waals surface area contributed by atoms with E-state index in [4.69, 9.17) is 51.2 Å². The number of hydrogen-bond donors (Lipinski definition) is 3. The Morgan fingerprint density at radius 1 is 0.717 bits per heavy atom. The van der Waals surface area contributed by atoms with Crippen molar-refractivity contribution in [2.45, 2.75) is 51.5 Å². The van der Waals surface area contributed by atoms with Crippen molar-refractivity contribution in [1.82, 2.24) is 16.0 Å². The van der Waals surface area contributed by atoms with Gasteiger partial charge in [-0.1, -0.05) is 0 Å². The third-order valence-corrected chi connectivity index (χ3v) is 9.28. The number of nitrogens with one attached hydrogen (secondary N) is 3. The quantitative estimate of drug-likeness (QED) is 0.0529. The van der Waals surface area contributed by atoms with E-state index in [1.54, 1.807) is 0 Å². The molecule has 3 atom stereocenters. The molecule has 0 bridgehead atoms. The van der Waals surface area contributed by atoms with Gasteiger partial charge < -0.3 is 67.1 Å². The Labute approximate surface area is 272 Å². The van der Waals surface area contributed by atoms with Gasteiger partial charge in [-0.15, -0.1) is 0 Å². The van der Waals surface area contributed by atoms with Gasteiger partial charge in [0.2, 0.25) is 5.91 Å². The molecule has 17 nitrogen and oxygen atoms in total. The van der Waals surface area contributed by atoms with Crippen molar-refractivity contribution in [3.63, 3.8) is 0 Å². The normalized spacial score (nSPS) is 17.6. The zero-order valence-corrected chi connectivity index (χ0v) is 28.4. The molecule has 0 aromatic rings. The Morgan fingerprint density at radius 2 is 1.26 bits per heavy atom. The monoisotopic (exact) mass is 683 g/mol. The van der Waals surface area contributed by atoms with Gasteiger partial charge in [-0.3, -0.25) is 4.79 Å². The molecule has 2 fully saturated rings. The third kappa shape index (κ3) is 20.9. The van der Waals surface area contributed by atoms with Crippen LogP contribution in [0.1, 0.15) is 27.2 Å². The Morgan fingerprint density at radius 3 is 1.80 bits per heavy atom. The molecular formula is C28H53N3O14Si. The summed E-state index contributed by atoms with van der Waals surface area (Å²) in [5.41, 5.74) is 0. The molecule has 2 aliphatic heterocycles. The highest BCUT2D eigenvalue weighted by molar-refractivity contribution is 6.60. The summed E-state index contributed by atoms with van der Waals surface area (Å²) in [5, 5.41) is 8.02. The van der Waals surface area contributed by atoms with E-state index in [-0.39, 0.29) is 90.7 Å². The van der Waals surface area contributed by atoms with Crippen molar-refractivity contribution >= 4 is 26.9 Å². The van der Waals surface area contributed by atoms with E-state index in [1.807, 2.05) is 20.8 Å². The molecule has 3 N–H and O–H groups in total. The van der Waals surface area contributed by atoms with Crippen molar-refractivity contribution in [2.75, 3.05) is 112 Å². The molecule has 46 heavy (non-hydrogen) atoms. The molecule has 0 saturated carbocycles. The fraction of sp³-hybridized carbons (Fsp3) is 0.893. The second-order valence-corrected chi connectivity index (χ2v) is 12.8. The highest BCUT2D eigenvalue weighted by Crippen LogP contribution is 2.17. The molecule has 0 spiro atoms. The number of amides is 3. The lowest BCUT2D eigenvalue weighted by Gasteiger charge is -2.28. The zero-order chi connectivity index (χ0) is 33.3. The van der Waals surface area contributed by atoms with E-state index in [2.05, 4.69) is 16.0 Å². The fourth-order valence-corrected chi connectivity index (χ4v) is 6.43. The van der Waals surface area contributed by atoms with Crippen LogP contribution in [0, 0.1) is 0 Å². The molecule has 2 heterocycles. The Bertz CT molecular complexity index is 820. The maximum absolute atomic E-state index is 12.4. The largest absolute Gasteiger partial charge is 0.500 e. The van der Waals surface area contributed by atoms with Crippen LogP contribution in [0.2, 0.25) is 6.04 Å². The minimum atomic E-state index is -2.76. The summed E-state index contributed by atoms with van der Waals surface area (Å²) in [7, 11) is -2.76. The topological polar surface area (TPSA) is 195 Å². The summed E-state index contributed by atoms with van der Waals surface area (Å²) in [6.45, 7) is 10.9. The van der Waals surface area contributed by atoms with Crippen LogP contribution in [0.5, 0.6) is 0 Å². The van der Waals surface area contributed by atoms with Gasteiger partial charge in [-0.25, -0.2) is 9.59 Å². The maximum atomic E-state index is 12.4. The molecule has 0 radical (unpaired) electrons. The van der Waals surface area contributed by atoms with E-state index < -0.39 is 27.1 Å². The van der Waals surface area contributed by atoms with Gasteiger partial charge in [0.1, 0.15) is 38.1 Å². The molecule has 0 aromatic carbocycles. The lowest BCUT2D eigenvalue weighted by atomic mass is 10.4. The van der Waals surface area contributed by atoms with Crippen LogP contribution < -0.4 is 16.0 Å². The van der Waals surface area contributed by atoms with Crippen LogP contribution in [0.4, 0.5) is 9.59 Å². The summed E-state index contributed by atoms with van der Waals surface area (Å²) in [5.74, 6) is -0.269. The van der Waals surface area contributed by atoms with E-state index >= 15 is 0 Å². The number of rotatable bonds is 30. The van der Waals surface area contributed by atoms with Crippen molar-refractivity contribution in [3.8, 4) is 0 Å². The van der Waals surface area contributed by atoms with Crippen molar-refractivity contribution in [1.29, 1.82) is 0 Å². The first-order valence-corrected chi connectivity index (χ1v) is 17.9. The lowest BCUT2D eigenvalue weighted by molar-refractivity contribution is -0.128. The predicted molar refractivity (Wildman–Crippen MR) is 163 cm³/mol. The van der Waals surface area contributed by atoms with Crippen molar-refractivity contribution in [3.05, 3.63) is 0 Å². The van der Waals surface area contributed by atoms with Gasteiger partial charge in [0.25, 0.3) is 0 Å². The van der Waals surface area contributed by atoms with Crippen LogP contribution >= 0.6 is 0 Å². The maximum Gasteiger partial charge on any atom is 0.500 e. The molecule has 18 heteroatoms. The predicted octanol–water partition coefficient (Wildman–Crippen LogP) is 0.226. The van der Waals surface area contributed by atoms with E-state index in [0.717, 1.165) is 0 Å². The first kappa shape index (κ1) is 40.0. The molecule has 2 aliphatic rings. The number of hydrogen-bond acceptors (Lipinski definition) is 14. The van der Waals surface area contributed by atoms with Gasteiger partial charge in [-0.2, -0.15) is 0 Å². The Hall–Kier alpha value is -2.13. The first-order valence-electron chi connectivity index (χ1n) is 16.0. The van der Waals surface area contributed by atoms with Gasteiger partial charge in [0.05, 0.1) is 52.9 Å². The van der Waals surface area contributed by atoms with Crippen molar-refractivity contribution in [2.24, 2.45) is 0 Å². The highest BCUT2D eigenvalue weighted by atomic mass is 28.4. The van der Waals surface area contributed by atoms with E-state index in [9.17, 15) is 14.4 Å². The van der Waals surface area contributed by atoms with Crippen LogP contribution in [-0.2, 0) is 56.0 Å². The van der Waals surface area contributed by atoms with Gasteiger partial charge in [-0.05, 0) is 27.2 Å². The molecule has 2 saturated heterocycles. The number of epoxide rings is 2. The average Bonchev–Trinajstić information content (AvgIpc) is 3.96. The summed E-state index contributed by atoms with van der Waals surface area (Å²) in [4.78, 5) is 35.6. The van der Waals surface area contributed by atoms with E-state index in [0.29, 0.717) is 52.0 Å². The number of alkyl carbamates (subject to hydrolysis) is 2. The smallest absolute Gasteiger partial charge is 0.447 e. The Balaban J connectivity index is 1.62. The molecule has 0 aromatic heterocycles. The van der Waals surface area contributed by atoms with Crippen LogP contribution in [-0.4, -0.2) is 157 Å². The van der Waals surface area contributed by atoms with Crippen LogP contribution in [0.3, 0.4) is 0 Å². The van der Waals surface area contributed by atoms with Gasteiger partial charge >= 0.3 is 21.0 Å². The summed E-state index contributed by atoms with van der Waals surface area (Å²) in [6, 6.07) is 0.594. The fourth-order valence-electron chi connectivity index (χ4n) is 3.82. The third-order valence-electron chi connectivity index (χ3n) is 6.13. The number of ether oxygens (including phenoxy) is 8. The zero-order valence-electron chi connectivity index (χ0n) is 27.4. The number of carbonyl (C=O) groups excluding carboxylic acids is 3. The average molecular weight is 684 g/mol. The second kappa shape index (κ2) is 25.0. The van der Waals surface area contributed by atoms with Crippen molar-refractivity contribution < 1.29 is 65.6 Å². The molecule has 3 amide bonds. The molecular weight excluding hydrogens is 630 g/mol. The Kier molecular flexibility index (Phi) is 21.7. The molecule has 268 valence electrons. The van der Waals surface area contributed by atoms with Crippen LogP contribution in [0.25, 0.3) is 0 Å². The minimum Gasteiger partial charge on any atom is -0.447 e. The van der Waals surface area contributed by atoms with Crippen LogP contribution in [0.15, 0.2) is 0 Å². The lowest BCUT2D eigenvalue weighted by Crippen LogP contribution is -2.46. The first-order chi connectivity index (χ1) is 22.4. The summed E-state index contributed by atoms with van der Waals surface area (Å²) in [6.07, 6.45) is -0.921.